The van der Waals surface area contributed by atoms with Crippen molar-refractivity contribution in [2.24, 2.45) is 0 Å². The zero-order valence-electron chi connectivity index (χ0n) is 13.7. The number of hydrogen-bond donors (Lipinski definition) is 1. The van der Waals surface area contributed by atoms with Crippen molar-refractivity contribution in [3.05, 3.63) is 30.3 Å². The zero-order chi connectivity index (χ0) is 15.2. The Hall–Kier alpha value is -1.10. The summed E-state index contributed by atoms with van der Waals surface area (Å²) in [5.74, 6) is 0. The molecule has 2 aliphatic heterocycles. The Balaban J connectivity index is 1.39. The van der Waals surface area contributed by atoms with E-state index in [1.807, 2.05) is 0 Å². The summed E-state index contributed by atoms with van der Waals surface area (Å²) in [4.78, 5) is 5.07. The number of rotatable bonds is 5. The molecule has 1 N–H and O–H groups in total. The first-order chi connectivity index (χ1) is 10.8. The van der Waals surface area contributed by atoms with Crippen molar-refractivity contribution >= 4 is 5.69 Å². The summed E-state index contributed by atoms with van der Waals surface area (Å²) < 4.78 is 5.55. The number of hydrogen-bond acceptors (Lipinski definition) is 4. The lowest BCUT2D eigenvalue weighted by Crippen LogP contribution is -2.52. The molecule has 1 aromatic rings. The minimum absolute atomic E-state index is 0.537. The SMILES string of the molecule is C[C@H](CN1CCN(c2ccccc2)CC1)N[C@H]1CCCOC1. The molecule has 0 saturated carbocycles. The third kappa shape index (κ3) is 4.45. The van der Waals surface area contributed by atoms with Crippen molar-refractivity contribution < 1.29 is 4.74 Å². The predicted molar refractivity (Wildman–Crippen MR) is 91.5 cm³/mol. The highest BCUT2D eigenvalue weighted by Gasteiger charge is 2.21. The van der Waals surface area contributed by atoms with Gasteiger partial charge in [-0.25, -0.2) is 0 Å². The average molecular weight is 303 g/mol. The Morgan fingerprint density at radius 2 is 1.95 bits per heavy atom. The van der Waals surface area contributed by atoms with Gasteiger partial charge in [0, 0.05) is 57.1 Å². The van der Waals surface area contributed by atoms with Gasteiger partial charge < -0.3 is 15.0 Å². The fraction of sp³-hybridized carbons (Fsp3) is 0.667. The van der Waals surface area contributed by atoms with E-state index in [0.717, 1.165) is 45.9 Å². The molecular formula is C18H29N3O. The molecule has 122 valence electrons. The van der Waals surface area contributed by atoms with E-state index in [0.29, 0.717) is 12.1 Å². The van der Waals surface area contributed by atoms with Crippen LogP contribution in [0.2, 0.25) is 0 Å². The molecule has 2 aliphatic rings. The summed E-state index contributed by atoms with van der Waals surface area (Å²) >= 11 is 0. The van der Waals surface area contributed by atoms with Crippen molar-refractivity contribution in [2.75, 3.05) is 50.8 Å². The molecule has 2 atom stereocenters. The van der Waals surface area contributed by atoms with E-state index >= 15 is 0 Å². The molecule has 4 heteroatoms. The molecule has 0 aromatic heterocycles. The molecule has 0 bridgehead atoms. The number of nitrogens with one attached hydrogen (secondary N) is 1. The van der Waals surface area contributed by atoms with Crippen LogP contribution in [-0.2, 0) is 4.74 Å². The van der Waals surface area contributed by atoms with Crippen LogP contribution in [0.5, 0.6) is 0 Å². The second kappa shape index (κ2) is 7.95. The highest BCUT2D eigenvalue weighted by atomic mass is 16.5. The summed E-state index contributed by atoms with van der Waals surface area (Å²) in [6.45, 7) is 9.83. The first kappa shape index (κ1) is 15.8. The van der Waals surface area contributed by atoms with E-state index in [1.165, 1.54) is 18.5 Å². The predicted octanol–water partition coefficient (Wildman–Crippen LogP) is 1.97. The van der Waals surface area contributed by atoms with Gasteiger partial charge in [0.1, 0.15) is 0 Å². The smallest absolute Gasteiger partial charge is 0.0619 e. The molecule has 3 rings (SSSR count). The molecule has 1 aromatic carbocycles. The maximum atomic E-state index is 5.55. The fourth-order valence-electron chi connectivity index (χ4n) is 3.54. The molecule has 22 heavy (non-hydrogen) atoms. The number of piperazine rings is 1. The fourth-order valence-corrected chi connectivity index (χ4v) is 3.54. The van der Waals surface area contributed by atoms with E-state index in [1.54, 1.807) is 0 Å². The first-order valence-corrected chi connectivity index (χ1v) is 8.67. The summed E-state index contributed by atoms with van der Waals surface area (Å²) in [6.07, 6.45) is 2.45. The van der Waals surface area contributed by atoms with E-state index in [4.69, 9.17) is 4.74 Å². The quantitative estimate of drug-likeness (QED) is 0.900. The monoisotopic (exact) mass is 303 g/mol. The topological polar surface area (TPSA) is 27.7 Å². The van der Waals surface area contributed by atoms with Crippen LogP contribution >= 0.6 is 0 Å². The lowest BCUT2D eigenvalue weighted by atomic mass is 10.1. The number of anilines is 1. The molecule has 0 aliphatic carbocycles. The Kier molecular flexibility index (Phi) is 5.70. The summed E-state index contributed by atoms with van der Waals surface area (Å²) in [7, 11) is 0. The van der Waals surface area contributed by atoms with Crippen molar-refractivity contribution in [1.82, 2.24) is 10.2 Å². The zero-order valence-corrected chi connectivity index (χ0v) is 13.7. The van der Waals surface area contributed by atoms with Crippen molar-refractivity contribution in [3.63, 3.8) is 0 Å². The highest BCUT2D eigenvalue weighted by molar-refractivity contribution is 5.46. The van der Waals surface area contributed by atoms with Gasteiger partial charge in [0.2, 0.25) is 0 Å². The van der Waals surface area contributed by atoms with Crippen LogP contribution in [0.25, 0.3) is 0 Å². The molecule has 0 radical (unpaired) electrons. The Morgan fingerprint density at radius 3 is 2.64 bits per heavy atom. The molecule has 0 spiro atoms. The summed E-state index contributed by atoms with van der Waals surface area (Å²) in [5.41, 5.74) is 1.35. The summed E-state index contributed by atoms with van der Waals surface area (Å²) in [6, 6.07) is 11.8. The number of benzene rings is 1. The van der Waals surface area contributed by atoms with Gasteiger partial charge in [0.15, 0.2) is 0 Å². The minimum atomic E-state index is 0.537. The molecule has 2 fully saturated rings. The van der Waals surface area contributed by atoms with Gasteiger partial charge in [-0.05, 0) is 31.9 Å². The van der Waals surface area contributed by atoms with Crippen LogP contribution < -0.4 is 10.2 Å². The van der Waals surface area contributed by atoms with E-state index in [2.05, 4.69) is 52.4 Å². The second-order valence-electron chi connectivity index (χ2n) is 6.60. The number of para-hydroxylation sites is 1. The van der Waals surface area contributed by atoms with E-state index < -0.39 is 0 Å². The van der Waals surface area contributed by atoms with E-state index in [-0.39, 0.29) is 0 Å². The molecule has 4 nitrogen and oxygen atoms in total. The lowest BCUT2D eigenvalue weighted by Gasteiger charge is -2.38. The largest absolute Gasteiger partial charge is 0.380 e. The van der Waals surface area contributed by atoms with Gasteiger partial charge in [-0.1, -0.05) is 18.2 Å². The average Bonchev–Trinajstić information content (AvgIpc) is 2.57. The standard InChI is InChI=1S/C18H29N3O/c1-16(19-17-6-5-13-22-15-17)14-20-9-11-21(12-10-20)18-7-3-2-4-8-18/h2-4,7-8,16-17,19H,5-6,9-15H2,1H3/t16-,17+/m1/s1. The van der Waals surface area contributed by atoms with Gasteiger partial charge in [0.05, 0.1) is 6.61 Å². The minimum Gasteiger partial charge on any atom is -0.380 e. The van der Waals surface area contributed by atoms with Gasteiger partial charge in [0.25, 0.3) is 0 Å². The van der Waals surface area contributed by atoms with Crippen molar-refractivity contribution in [3.8, 4) is 0 Å². The van der Waals surface area contributed by atoms with Crippen LogP contribution in [0.3, 0.4) is 0 Å². The molecule has 2 heterocycles. The van der Waals surface area contributed by atoms with Crippen LogP contribution in [0, 0.1) is 0 Å². The van der Waals surface area contributed by atoms with Crippen LogP contribution in [0.4, 0.5) is 5.69 Å². The van der Waals surface area contributed by atoms with Crippen molar-refractivity contribution in [2.45, 2.75) is 31.8 Å². The van der Waals surface area contributed by atoms with Gasteiger partial charge in [-0.15, -0.1) is 0 Å². The summed E-state index contributed by atoms with van der Waals surface area (Å²) in [5, 5.41) is 3.73. The Bertz CT molecular complexity index is 425. The second-order valence-corrected chi connectivity index (χ2v) is 6.60. The van der Waals surface area contributed by atoms with Crippen molar-refractivity contribution in [1.29, 1.82) is 0 Å². The molecule has 2 saturated heterocycles. The van der Waals surface area contributed by atoms with Crippen LogP contribution in [-0.4, -0.2) is 62.9 Å². The lowest BCUT2D eigenvalue weighted by molar-refractivity contribution is 0.0647. The van der Waals surface area contributed by atoms with Gasteiger partial charge in [-0.3, -0.25) is 4.90 Å². The maximum Gasteiger partial charge on any atom is 0.0619 e. The van der Waals surface area contributed by atoms with Crippen LogP contribution in [0.1, 0.15) is 19.8 Å². The highest BCUT2D eigenvalue weighted by Crippen LogP contribution is 2.15. The maximum absolute atomic E-state index is 5.55. The molecule has 0 unspecified atom stereocenters. The number of ether oxygens (including phenoxy) is 1. The van der Waals surface area contributed by atoms with Crippen LogP contribution in [0.15, 0.2) is 30.3 Å². The third-order valence-electron chi connectivity index (χ3n) is 4.71. The number of nitrogens with zero attached hydrogens (tertiary/aromatic N) is 2. The Labute approximate surface area is 134 Å². The van der Waals surface area contributed by atoms with E-state index in [9.17, 15) is 0 Å². The normalized spacial score (nSPS) is 25.1. The first-order valence-electron chi connectivity index (χ1n) is 8.67. The van der Waals surface area contributed by atoms with Gasteiger partial charge in [-0.2, -0.15) is 0 Å². The Morgan fingerprint density at radius 1 is 1.18 bits per heavy atom. The molecule has 0 amide bonds. The van der Waals surface area contributed by atoms with Gasteiger partial charge >= 0.3 is 0 Å². The third-order valence-corrected chi connectivity index (χ3v) is 4.71. The molecular weight excluding hydrogens is 274 g/mol.